The summed E-state index contributed by atoms with van der Waals surface area (Å²) in [6.07, 6.45) is 3.70. The third-order valence-electron chi connectivity index (χ3n) is 3.93. The minimum Gasteiger partial charge on any atom is -0.467 e. The van der Waals surface area contributed by atoms with Crippen LogP contribution in [-0.4, -0.2) is 31.1 Å². The van der Waals surface area contributed by atoms with E-state index in [1.807, 2.05) is 0 Å². The number of hydrogen-bond donors (Lipinski definition) is 2. The average Bonchev–Trinajstić information content (AvgIpc) is 3.31. The summed E-state index contributed by atoms with van der Waals surface area (Å²) < 4.78 is 10.6. The zero-order valence-corrected chi connectivity index (χ0v) is 13.3. The third kappa shape index (κ3) is 4.23. The SMILES string of the molecule is O=C(NCc1ccco1)c1ccc(C(=O)NCC2CCCO2)cc1. The zero-order chi connectivity index (χ0) is 16.8. The molecule has 2 N–H and O–H groups in total. The molecule has 2 heterocycles. The van der Waals surface area contributed by atoms with Crippen LogP contribution in [0, 0.1) is 0 Å². The van der Waals surface area contributed by atoms with E-state index in [-0.39, 0.29) is 17.9 Å². The number of carbonyl (C=O) groups excluding carboxylic acids is 2. The monoisotopic (exact) mass is 328 g/mol. The Bertz CT molecular complexity index is 674. The van der Waals surface area contributed by atoms with Crippen LogP contribution in [0.4, 0.5) is 0 Å². The maximum Gasteiger partial charge on any atom is 0.251 e. The van der Waals surface area contributed by atoms with Gasteiger partial charge in [0, 0.05) is 24.3 Å². The van der Waals surface area contributed by atoms with Gasteiger partial charge in [-0.2, -0.15) is 0 Å². The quantitative estimate of drug-likeness (QED) is 0.851. The maximum atomic E-state index is 12.1. The number of benzene rings is 1. The van der Waals surface area contributed by atoms with Crippen LogP contribution in [0.2, 0.25) is 0 Å². The summed E-state index contributed by atoms with van der Waals surface area (Å²) >= 11 is 0. The largest absolute Gasteiger partial charge is 0.467 e. The predicted octanol–water partition coefficient (Wildman–Crippen LogP) is 2.12. The average molecular weight is 328 g/mol. The number of nitrogens with one attached hydrogen (secondary N) is 2. The Hall–Kier alpha value is -2.60. The first-order chi connectivity index (χ1) is 11.7. The van der Waals surface area contributed by atoms with Gasteiger partial charge in [-0.05, 0) is 49.2 Å². The lowest BCUT2D eigenvalue weighted by atomic mass is 10.1. The minimum absolute atomic E-state index is 0.112. The Morgan fingerprint density at radius 1 is 1.04 bits per heavy atom. The second kappa shape index (κ2) is 7.79. The van der Waals surface area contributed by atoms with Crippen LogP contribution in [0.1, 0.15) is 39.3 Å². The lowest BCUT2D eigenvalue weighted by molar-refractivity contribution is 0.0857. The molecule has 0 bridgehead atoms. The van der Waals surface area contributed by atoms with Gasteiger partial charge in [-0.15, -0.1) is 0 Å². The van der Waals surface area contributed by atoms with Crippen molar-refractivity contribution in [1.82, 2.24) is 10.6 Å². The third-order valence-corrected chi connectivity index (χ3v) is 3.93. The molecule has 2 aromatic rings. The van der Waals surface area contributed by atoms with Gasteiger partial charge in [0.1, 0.15) is 5.76 Å². The topological polar surface area (TPSA) is 80.6 Å². The molecule has 2 amide bonds. The summed E-state index contributed by atoms with van der Waals surface area (Å²) in [5, 5.41) is 5.62. The Balaban J connectivity index is 1.50. The summed E-state index contributed by atoms with van der Waals surface area (Å²) in [7, 11) is 0. The summed E-state index contributed by atoms with van der Waals surface area (Å²) in [6.45, 7) is 1.61. The molecule has 1 saturated heterocycles. The zero-order valence-electron chi connectivity index (χ0n) is 13.3. The van der Waals surface area contributed by atoms with Gasteiger partial charge in [-0.1, -0.05) is 0 Å². The molecule has 126 valence electrons. The number of carbonyl (C=O) groups is 2. The predicted molar refractivity (Wildman–Crippen MR) is 87.6 cm³/mol. The van der Waals surface area contributed by atoms with Crippen molar-refractivity contribution in [3.05, 3.63) is 59.5 Å². The highest BCUT2D eigenvalue weighted by Gasteiger charge is 2.16. The van der Waals surface area contributed by atoms with Crippen molar-refractivity contribution in [2.45, 2.75) is 25.5 Å². The van der Waals surface area contributed by atoms with Crippen molar-refractivity contribution in [3.8, 4) is 0 Å². The van der Waals surface area contributed by atoms with Gasteiger partial charge in [-0.3, -0.25) is 9.59 Å². The molecule has 6 heteroatoms. The second-order valence-electron chi connectivity index (χ2n) is 5.68. The highest BCUT2D eigenvalue weighted by Crippen LogP contribution is 2.11. The Morgan fingerprint density at radius 2 is 1.75 bits per heavy atom. The maximum absolute atomic E-state index is 12.1. The first kappa shape index (κ1) is 16.3. The van der Waals surface area contributed by atoms with Crippen LogP contribution in [0.15, 0.2) is 47.1 Å². The van der Waals surface area contributed by atoms with Crippen LogP contribution < -0.4 is 10.6 Å². The van der Waals surface area contributed by atoms with Crippen LogP contribution in [0.25, 0.3) is 0 Å². The Morgan fingerprint density at radius 3 is 2.33 bits per heavy atom. The lowest BCUT2D eigenvalue weighted by Crippen LogP contribution is -2.31. The van der Waals surface area contributed by atoms with Crippen molar-refractivity contribution in [3.63, 3.8) is 0 Å². The Kier molecular flexibility index (Phi) is 5.28. The molecular weight excluding hydrogens is 308 g/mol. The van der Waals surface area contributed by atoms with Crippen LogP contribution >= 0.6 is 0 Å². The van der Waals surface area contributed by atoms with Gasteiger partial charge in [0.25, 0.3) is 11.8 Å². The second-order valence-corrected chi connectivity index (χ2v) is 5.68. The van der Waals surface area contributed by atoms with Gasteiger partial charge in [0.15, 0.2) is 0 Å². The minimum atomic E-state index is -0.210. The molecule has 0 aliphatic carbocycles. The van der Waals surface area contributed by atoms with E-state index >= 15 is 0 Å². The molecule has 0 saturated carbocycles. The standard InChI is InChI=1S/C18H20N2O4/c21-17(19-11-15-3-1-9-23-15)13-5-7-14(8-6-13)18(22)20-12-16-4-2-10-24-16/h1,3,5-9,16H,2,4,10-12H2,(H,19,21)(H,20,22). The van der Waals surface area contributed by atoms with E-state index in [0.717, 1.165) is 19.4 Å². The van der Waals surface area contributed by atoms with E-state index < -0.39 is 0 Å². The van der Waals surface area contributed by atoms with Crippen molar-refractivity contribution in [2.24, 2.45) is 0 Å². The molecule has 1 aliphatic rings. The van der Waals surface area contributed by atoms with Gasteiger partial charge in [0.2, 0.25) is 0 Å². The highest BCUT2D eigenvalue weighted by atomic mass is 16.5. The van der Waals surface area contributed by atoms with E-state index in [1.165, 1.54) is 0 Å². The van der Waals surface area contributed by atoms with E-state index in [0.29, 0.717) is 30.0 Å². The first-order valence-electron chi connectivity index (χ1n) is 8.03. The van der Waals surface area contributed by atoms with E-state index in [2.05, 4.69) is 10.6 Å². The molecular formula is C18H20N2O4. The van der Waals surface area contributed by atoms with Crippen LogP contribution in [0.5, 0.6) is 0 Å². The molecule has 0 radical (unpaired) electrons. The summed E-state index contributed by atoms with van der Waals surface area (Å²) in [5.74, 6) is 0.319. The fourth-order valence-corrected chi connectivity index (χ4v) is 2.57. The molecule has 1 aliphatic heterocycles. The number of hydrogen-bond acceptors (Lipinski definition) is 4. The van der Waals surface area contributed by atoms with Gasteiger partial charge in [-0.25, -0.2) is 0 Å². The van der Waals surface area contributed by atoms with Crippen molar-refractivity contribution < 1.29 is 18.7 Å². The number of ether oxygens (including phenoxy) is 1. The molecule has 1 fully saturated rings. The number of amides is 2. The molecule has 24 heavy (non-hydrogen) atoms. The van der Waals surface area contributed by atoms with Crippen LogP contribution in [0.3, 0.4) is 0 Å². The van der Waals surface area contributed by atoms with Crippen molar-refractivity contribution >= 4 is 11.8 Å². The van der Waals surface area contributed by atoms with E-state index in [9.17, 15) is 9.59 Å². The Labute approximate surface area is 140 Å². The molecule has 3 rings (SSSR count). The van der Waals surface area contributed by atoms with Crippen molar-refractivity contribution in [2.75, 3.05) is 13.2 Å². The van der Waals surface area contributed by atoms with Crippen molar-refractivity contribution in [1.29, 1.82) is 0 Å². The van der Waals surface area contributed by atoms with Crippen LogP contribution in [-0.2, 0) is 11.3 Å². The van der Waals surface area contributed by atoms with Gasteiger partial charge in [0.05, 0.1) is 18.9 Å². The summed E-state index contributed by atoms with van der Waals surface area (Å²) in [6, 6.07) is 10.1. The molecule has 1 aromatic heterocycles. The summed E-state index contributed by atoms with van der Waals surface area (Å²) in [4.78, 5) is 24.1. The van der Waals surface area contributed by atoms with E-state index in [1.54, 1.807) is 42.7 Å². The normalized spacial score (nSPS) is 16.8. The number of furan rings is 1. The molecule has 1 aromatic carbocycles. The lowest BCUT2D eigenvalue weighted by Gasteiger charge is -2.11. The fraction of sp³-hybridized carbons (Fsp3) is 0.333. The smallest absolute Gasteiger partial charge is 0.251 e. The van der Waals surface area contributed by atoms with E-state index in [4.69, 9.17) is 9.15 Å². The van der Waals surface area contributed by atoms with Gasteiger partial charge >= 0.3 is 0 Å². The molecule has 0 spiro atoms. The fourth-order valence-electron chi connectivity index (χ4n) is 2.57. The highest BCUT2D eigenvalue weighted by molar-refractivity contribution is 5.97. The molecule has 6 nitrogen and oxygen atoms in total. The molecule has 1 unspecified atom stereocenters. The summed E-state index contributed by atoms with van der Waals surface area (Å²) in [5.41, 5.74) is 1.02. The first-order valence-corrected chi connectivity index (χ1v) is 8.03. The van der Waals surface area contributed by atoms with Gasteiger partial charge < -0.3 is 19.8 Å². The molecule has 1 atom stereocenters. The number of rotatable bonds is 6.